The summed E-state index contributed by atoms with van der Waals surface area (Å²) < 4.78 is 0.920. The Labute approximate surface area is 138 Å². The fraction of sp³-hybridized carbons (Fsp3) is 0.176. The Bertz CT molecular complexity index is 683. The number of nitrogens with zero attached hydrogens (tertiary/aromatic N) is 1. The van der Waals surface area contributed by atoms with E-state index in [-0.39, 0.29) is 18.4 Å². The molecule has 1 N–H and O–H groups in total. The van der Waals surface area contributed by atoms with Gasteiger partial charge in [-0.2, -0.15) is 0 Å². The van der Waals surface area contributed by atoms with Gasteiger partial charge in [-0.3, -0.25) is 9.59 Å². The third-order valence-corrected chi connectivity index (χ3v) is 3.77. The van der Waals surface area contributed by atoms with Crippen molar-refractivity contribution >= 4 is 39.1 Å². The number of carbonyl (C=O) groups is 2. The maximum atomic E-state index is 12.2. The lowest BCUT2D eigenvalue weighted by Gasteiger charge is -2.21. The number of nitrogens with one attached hydrogen (secondary N) is 1. The van der Waals surface area contributed by atoms with E-state index in [0.717, 1.165) is 15.7 Å². The number of aryl methyl sites for hydroxylation is 1. The predicted octanol–water partition coefficient (Wildman–Crippen LogP) is 3.75. The number of hydrogen-bond acceptors (Lipinski definition) is 2. The van der Waals surface area contributed by atoms with Crippen molar-refractivity contribution in [3.63, 3.8) is 0 Å². The van der Waals surface area contributed by atoms with Crippen molar-refractivity contribution in [2.45, 2.75) is 13.8 Å². The number of anilines is 2. The molecule has 0 aliphatic carbocycles. The number of carbonyl (C=O) groups excluding carboxylic acids is 2. The maximum Gasteiger partial charge on any atom is 0.244 e. The van der Waals surface area contributed by atoms with Crippen molar-refractivity contribution in [3.05, 3.63) is 58.6 Å². The summed E-state index contributed by atoms with van der Waals surface area (Å²) in [7, 11) is 0. The average Bonchev–Trinajstić information content (AvgIpc) is 2.48. The Balaban J connectivity index is 2.11. The van der Waals surface area contributed by atoms with E-state index in [9.17, 15) is 9.59 Å². The zero-order valence-electron chi connectivity index (χ0n) is 12.5. The molecule has 2 amide bonds. The summed E-state index contributed by atoms with van der Waals surface area (Å²) in [5.74, 6) is -0.408. The Morgan fingerprint density at radius 3 is 2.32 bits per heavy atom. The SMILES string of the molecule is CC(=O)N(CC(=O)Nc1ccccc1C)c1ccc(Br)cc1. The van der Waals surface area contributed by atoms with Gasteiger partial charge in [0.05, 0.1) is 0 Å². The van der Waals surface area contributed by atoms with Gasteiger partial charge in [0.15, 0.2) is 0 Å². The molecule has 0 heterocycles. The highest BCUT2D eigenvalue weighted by atomic mass is 79.9. The lowest BCUT2D eigenvalue weighted by atomic mass is 10.2. The Morgan fingerprint density at radius 1 is 1.09 bits per heavy atom. The quantitative estimate of drug-likeness (QED) is 0.902. The van der Waals surface area contributed by atoms with Crippen LogP contribution in [0.5, 0.6) is 0 Å². The molecule has 114 valence electrons. The van der Waals surface area contributed by atoms with Crippen molar-refractivity contribution in [2.24, 2.45) is 0 Å². The lowest BCUT2D eigenvalue weighted by molar-refractivity contribution is -0.120. The molecule has 0 saturated carbocycles. The van der Waals surface area contributed by atoms with Gasteiger partial charge in [-0.05, 0) is 42.8 Å². The summed E-state index contributed by atoms with van der Waals surface area (Å²) in [4.78, 5) is 25.5. The van der Waals surface area contributed by atoms with E-state index in [4.69, 9.17) is 0 Å². The normalized spacial score (nSPS) is 10.1. The van der Waals surface area contributed by atoms with E-state index < -0.39 is 0 Å². The smallest absolute Gasteiger partial charge is 0.244 e. The summed E-state index contributed by atoms with van der Waals surface area (Å²) in [6, 6.07) is 14.8. The first-order valence-electron chi connectivity index (χ1n) is 6.86. The topological polar surface area (TPSA) is 49.4 Å². The Morgan fingerprint density at radius 2 is 1.73 bits per heavy atom. The molecule has 2 aromatic carbocycles. The number of halogens is 1. The zero-order chi connectivity index (χ0) is 16.1. The van der Waals surface area contributed by atoms with Crippen LogP contribution in [-0.4, -0.2) is 18.4 Å². The second kappa shape index (κ2) is 7.22. The first-order valence-corrected chi connectivity index (χ1v) is 7.66. The molecule has 4 nitrogen and oxygen atoms in total. The summed E-state index contributed by atoms with van der Waals surface area (Å²) >= 11 is 3.35. The molecule has 0 unspecified atom stereocenters. The molecule has 2 rings (SSSR count). The minimum absolute atomic E-state index is 0.0225. The van der Waals surface area contributed by atoms with E-state index in [1.54, 1.807) is 12.1 Å². The molecule has 0 aliphatic heterocycles. The minimum atomic E-state index is -0.229. The highest BCUT2D eigenvalue weighted by Gasteiger charge is 2.16. The van der Waals surface area contributed by atoms with Gasteiger partial charge < -0.3 is 10.2 Å². The largest absolute Gasteiger partial charge is 0.324 e. The number of hydrogen-bond donors (Lipinski definition) is 1. The number of para-hydroxylation sites is 1. The van der Waals surface area contributed by atoms with Gasteiger partial charge in [-0.25, -0.2) is 0 Å². The summed E-state index contributed by atoms with van der Waals surface area (Å²) in [6.45, 7) is 3.35. The molecule has 0 radical (unpaired) electrons. The molecular weight excluding hydrogens is 344 g/mol. The fourth-order valence-corrected chi connectivity index (χ4v) is 2.32. The van der Waals surface area contributed by atoms with Crippen LogP contribution in [0.3, 0.4) is 0 Å². The Kier molecular flexibility index (Phi) is 5.33. The van der Waals surface area contributed by atoms with E-state index in [1.165, 1.54) is 11.8 Å². The van der Waals surface area contributed by atoms with Gasteiger partial charge in [0.25, 0.3) is 0 Å². The maximum absolute atomic E-state index is 12.2. The number of amides is 2. The number of rotatable bonds is 4. The average molecular weight is 361 g/mol. The molecule has 0 aromatic heterocycles. The van der Waals surface area contributed by atoms with Crippen molar-refractivity contribution in [1.82, 2.24) is 0 Å². The molecule has 0 saturated heterocycles. The van der Waals surface area contributed by atoms with Crippen molar-refractivity contribution in [2.75, 3.05) is 16.8 Å². The molecule has 0 atom stereocenters. The van der Waals surface area contributed by atoms with Crippen LogP contribution >= 0.6 is 15.9 Å². The molecule has 5 heteroatoms. The van der Waals surface area contributed by atoms with Gasteiger partial charge in [-0.1, -0.05) is 34.1 Å². The highest BCUT2D eigenvalue weighted by molar-refractivity contribution is 9.10. The van der Waals surface area contributed by atoms with Crippen LogP contribution in [0.4, 0.5) is 11.4 Å². The molecular formula is C17H17BrN2O2. The number of benzene rings is 2. The van der Waals surface area contributed by atoms with Crippen molar-refractivity contribution in [1.29, 1.82) is 0 Å². The van der Waals surface area contributed by atoms with Crippen LogP contribution in [0.1, 0.15) is 12.5 Å². The van der Waals surface area contributed by atoms with Crippen molar-refractivity contribution in [3.8, 4) is 0 Å². The predicted molar refractivity (Wildman–Crippen MR) is 92.0 cm³/mol. The summed E-state index contributed by atoms with van der Waals surface area (Å²) in [5.41, 5.74) is 2.43. The van der Waals surface area contributed by atoms with Crippen LogP contribution in [-0.2, 0) is 9.59 Å². The van der Waals surface area contributed by atoms with Crippen LogP contribution < -0.4 is 10.2 Å². The van der Waals surface area contributed by atoms with Crippen LogP contribution in [0.25, 0.3) is 0 Å². The monoisotopic (exact) mass is 360 g/mol. The van der Waals surface area contributed by atoms with Gasteiger partial charge >= 0.3 is 0 Å². The van der Waals surface area contributed by atoms with Gasteiger partial charge in [0.1, 0.15) is 6.54 Å². The highest BCUT2D eigenvalue weighted by Crippen LogP contribution is 2.19. The molecule has 0 fully saturated rings. The van der Waals surface area contributed by atoms with Gasteiger partial charge in [0, 0.05) is 22.8 Å². The van der Waals surface area contributed by atoms with Gasteiger partial charge in [-0.15, -0.1) is 0 Å². The van der Waals surface area contributed by atoms with Crippen LogP contribution in [0, 0.1) is 6.92 Å². The third-order valence-electron chi connectivity index (χ3n) is 3.24. The van der Waals surface area contributed by atoms with Crippen LogP contribution in [0.2, 0.25) is 0 Å². The fourth-order valence-electron chi connectivity index (χ4n) is 2.05. The summed E-state index contributed by atoms with van der Waals surface area (Å²) in [5, 5.41) is 2.83. The molecule has 0 spiro atoms. The first-order chi connectivity index (χ1) is 10.5. The lowest BCUT2D eigenvalue weighted by Crippen LogP contribution is -2.36. The summed E-state index contributed by atoms with van der Waals surface area (Å²) in [6.07, 6.45) is 0. The molecule has 22 heavy (non-hydrogen) atoms. The van der Waals surface area contributed by atoms with Gasteiger partial charge in [0.2, 0.25) is 11.8 Å². The first kappa shape index (κ1) is 16.2. The second-order valence-corrected chi connectivity index (χ2v) is 5.86. The van der Waals surface area contributed by atoms with Crippen molar-refractivity contribution < 1.29 is 9.59 Å². The van der Waals surface area contributed by atoms with E-state index in [1.807, 2.05) is 43.3 Å². The van der Waals surface area contributed by atoms with Crippen LogP contribution in [0.15, 0.2) is 53.0 Å². The molecule has 0 aliphatic rings. The Hall–Kier alpha value is -2.14. The van der Waals surface area contributed by atoms with E-state index in [0.29, 0.717) is 5.69 Å². The minimum Gasteiger partial charge on any atom is -0.324 e. The van der Waals surface area contributed by atoms with E-state index in [2.05, 4.69) is 21.2 Å². The molecule has 2 aromatic rings. The second-order valence-electron chi connectivity index (χ2n) is 4.94. The molecule has 0 bridgehead atoms. The standard InChI is InChI=1S/C17H17BrN2O2/c1-12-5-3-4-6-16(12)19-17(22)11-20(13(2)21)15-9-7-14(18)8-10-15/h3-10H,11H2,1-2H3,(H,19,22). The van der Waals surface area contributed by atoms with E-state index >= 15 is 0 Å². The third kappa shape index (κ3) is 4.18. The zero-order valence-corrected chi connectivity index (χ0v) is 14.1.